The van der Waals surface area contributed by atoms with Gasteiger partial charge in [-0.1, -0.05) is 0 Å². The Kier molecular flexibility index (Phi) is 6.89. The zero-order valence-corrected chi connectivity index (χ0v) is 17.5. The molecule has 2 heterocycles. The third kappa shape index (κ3) is 4.71. The van der Waals surface area contributed by atoms with Gasteiger partial charge >= 0.3 is 5.97 Å². The Balaban J connectivity index is 1.89. The van der Waals surface area contributed by atoms with Crippen LogP contribution in [0.15, 0.2) is 35.3 Å². The van der Waals surface area contributed by atoms with E-state index in [1.165, 1.54) is 20.3 Å². The zero-order chi connectivity index (χ0) is 21.7. The molecule has 1 unspecified atom stereocenters. The highest BCUT2D eigenvalue weighted by Gasteiger charge is 2.21. The lowest BCUT2D eigenvalue weighted by molar-refractivity contribution is 0.0600. The number of benzene rings is 1. The maximum absolute atomic E-state index is 13.0. The van der Waals surface area contributed by atoms with Crippen molar-refractivity contribution >= 4 is 17.6 Å². The molecule has 8 heteroatoms. The number of ether oxygens (including phenoxy) is 2. The number of carbonyl (C=O) groups is 2. The van der Waals surface area contributed by atoms with Gasteiger partial charge < -0.3 is 24.7 Å². The Hall–Kier alpha value is -3.13. The van der Waals surface area contributed by atoms with Crippen molar-refractivity contribution in [3.8, 4) is 5.75 Å². The second-order valence-corrected chi connectivity index (χ2v) is 7.40. The number of amides is 1. The summed E-state index contributed by atoms with van der Waals surface area (Å²) in [5.41, 5.74) is 0.878. The highest BCUT2D eigenvalue weighted by Crippen LogP contribution is 2.26. The van der Waals surface area contributed by atoms with E-state index in [9.17, 15) is 14.4 Å². The van der Waals surface area contributed by atoms with Gasteiger partial charge in [-0.2, -0.15) is 0 Å². The van der Waals surface area contributed by atoms with Crippen LogP contribution >= 0.6 is 0 Å². The van der Waals surface area contributed by atoms with Crippen molar-refractivity contribution in [2.45, 2.75) is 26.3 Å². The topological polar surface area (TPSA) is 98.7 Å². The Morgan fingerprint density at radius 1 is 1.27 bits per heavy atom. The number of esters is 1. The molecule has 0 radical (unpaired) electrons. The number of nitrogens with one attached hydrogen (secondary N) is 2. The molecule has 1 fully saturated rings. The number of hydrogen-bond acceptors (Lipinski definition) is 6. The zero-order valence-electron chi connectivity index (χ0n) is 17.5. The second-order valence-electron chi connectivity index (χ2n) is 7.40. The first-order valence-corrected chi connectivity index (χ1v) is 9.93. The predicted octanol–water partition coefficient (Wildman–Crippen LogP) is 2.20. The van der Waals surface area contributed by atoms with E-state index in [-0.39, 0.29) is 22.4 Å². The van der Waals surface area contributed by atoms with Crippen LogP contribution in [-0.4, -0.2) is 43.8 Å². The molecule has 1 aliphatic heterocycles. The van der Waals surface area contributed by atoms with E-state index in [0.29, 0.717) is 23.8 Å². The Bertz CT molecular complexity index is 993. The van der Waals surface area contributed by atoms with Crippen LogP contribution in [0.2, 0.25) is 0 Å². The quantitative estimate of drug-likeness (QED) is 0.705. The van der Waals surface area contributed by atoms with Gasteiger partial charge in [0.2, 0.25) is 0 Å². The molecule has 1 atom stereocenters. The minimum atomic E-state index is -0.547. The van der Waals surface area contributed by atoms with Gasteiger partial charge in [0, 0.05) is 12.7 Å². The van der Waals surface area contributed by atoms with E-state index in [2.05, 4.69) is 10.6 Å². The lowest BCUT2D eigenvalue weighted by Crippen LogP contribution is -2.36. The SMILES string of the molecule is COC(=O)c1ccc(OC)c(NC(=O)c2c(C)ccn(CC3CCCNC3)c2=O)c1. The van der Waals surface area contributed by atoms with E-state index in [4.69, 9.17) is 9.47 Å². The molecule has 0 aliphatic carbocycles. The van der Waals surface area contributed by atoms with Gasteiger partial charge in [-0.25, -0.2) is 4.79 Å². The molecular weight excluding hydrogens is 386 g/mol. The van der Waals surface area contributed by atoms with E-state index < -0.39 is 11.9 Å². The molecule has 3 rings (SSSR count). The van der Waals surface area contributed by atoms with Crippen LogP contribution in [0.5, 0.6) is 5.75 Å². The molecule has 0 bridgehead atoms. The minimum absolute atomic E-state index is 0.0757. The first-order valence-electron chi connectivity index (χ1n) is 9.93. The average Bonchev–Trinajstić information content (AvgIpc) is 2.76. The number of nitrogens with zero attached hydrogens (tertiary/aromatic N) is 1. The lowest BCUT2D eigenvalue weighted by Gasteiger charge is -2.23. The summed E-state index contributed by atoms with van der Waals surface area (Å²) in [7, 11) is 2.74. The predicted molar refractivity (Wildman–Crippen MR) is 113 cm³/mol. The van der Waals surface area contributed by atoms with Gasteiger partial charge in [0.1, 0.15) is 11.3 Å². The number of aryl methyl sites for hydroxylation is 1. The molecule has 1 aromatic carbocycles. The molecule has 1 saturated heterocycles. The van der Waals surface area contributed by atoms with Crippen molar-refractivity contribution in [3.63, 3.8) is 0 Å². The van der Waals surface area contributed by atoms with Crippen LogP contribution < -0.4 is 20.9 Å². The summed E-state index contributed by atoms with van der Waals surface area (Å²) in [6, 6.07) is 6.34. The van der Waals surface area contributed by atoms with E-state index >= 15 is 0 Å². The van der Waals surface area contributed by atoms with Crippen LogP contribution in [0.3, 0.4) is 0 Å². The van der Waals surface area contributed by atoms with Crippen LogP contribution in [-0.2, 0) is 11.3 Å². The van der Waals surface area contributed by atoms with Crippen LogP contribution in [0.25, 0.3) is 0 Å². The summed E-state index contributed by atoms with van der Waals surface area (Å²) in [5.74, 6) is -0.355. The highest BCUT2D eigenvalue weighted by atomic mass is 16.5. The van der Waals surface area contributed by atoms with E-state index in [1.54, 1.807) is 35.9 Å². The standard InChI is InChI=1S/C22H27N3O5/c1-14-8-10-25(13-15-5-4-9-23-12-15)21(27)19(14)20(26)24-17-11-16(22(28)30-3)6-7-18(17)29-2/h6-8,10-11,15,23H,4-5,9,12-13H2,1-3H3,(H,24,26). The van der Waals surface area contributed by atoms with Gasteiger partial charge in [-0.05, 0) is 68.6 Å². The van der Waals surface area contributed by atoms with Crippen LogP contribution in [0.4, 0.5) is 5.69 Å². The minimum Gasteiger partial charge on any atom is -0.495 e. The smallest absolute Gasteiger partial charge is 0.337 e. The first kappa shape index (κ1) is 21.6. The maximum Gasteiger partial charge on any atom is 0.337 e. The normalized spacial score (nSPS) is 16.0. The Labute approximate surface area is 175 Å². The Morgan fingerprint density at radius 3 is 2.73 bits per heavy atom. The van der Waals surface area contributed by atoms with Crippen molar-refractivity contribution in [1.29, 1.82) is 0 Å². The van der Waals surface area contributed by atoms with Crippen molar-refractivity contribution in [2.75, 3.05) is 32.6 Å². The number of methoxy groups -OCH3 is 2. The molecule has 1 aliphatic rings. The highest BCUT2D eigenvalue weighted by molar-refractivity contribution is 6.06. The summed E-state index contributed by atoms with van der Waals surface area (Å²) in [6.45, 7) is 4.15. The molecule has 160 valence electrons. The monoisotopic (exact) mass is 413 g/mol. The van der Waals surface area contributed by atoms with Gasteiger partial charge in [0.25, 0.3) is 11.5 Å². The van der Waals surface area contributed by atoms with Gasteiger partial charge in [0.15, 0.2) is 0 Å². The van der Waals surface area contributed by atoms with Crippen molar-refractivity contribution in [1.82, 2.24) is 9.88 Å². The van der Waals surface area contributed by atoms with E-state index in [1.807, 2.05) is 0 Å². The fraction of sp³-hybridized carbons (Fsp3) is 0.409. The van der Waals surface area contributed by atoms with Gasteiger partial charge in [0.05, 0.1) is 25.5 Å². The van der Waals surface area contributed by atoms with Gasteiger partial charge in [-0.3, -0.25) is 9.59 Å². The number of hydrogen-bond donors (Lipinski definition) is 2. The molecule has 30 heavy (non-hydrogen) atoms. The van der Waals surface area contributed by atoms with Gasteiger partial charge in [-0.15, -0.1) is 0 Å². The first-order chi connectivity index (χ1) is 14.4. The molecule has 1 aromatic heterocycles. The maximum atomic E-state index is 13.0. The van der Waals surface area contributed by atoms with Crippen molar-refractivity contribution in [3.05, 3.63) is 57.5 Å². The molecule has 0 spiro atoms. The number of carbonyl (C=O) groups excluding carboxylic acids is 2. The molecule has 2 N–H and O–H groups in total. The largest absolute Gasteiger partial charge is 0.495 e. The fourth-order valence-electron chi connectivity index (χ4n) is 3.68. The molecule has 8 nitrogen and oxygen atoms in total. The number of piperidine rings is 1. The summed E-state index contributed by atoms with van der Waals surface area (Å²) in [4.78, 5) is 37.9. The number of anilines is 1. The fourth-order valence-corrected chi connectivity index (χ4v) is 3.68. The number of rotatable bonds is 6. The lowest BCUT2D eigenvalue weighted by atomic mass is 9.99. The summed E-state index contributed by atoms with van der Waals surface area (Å²) in [6.07, 6.45) is 3.86. The van der Waals surface area contributed by atoms with Crippen molar-refractivity contribution < 1.29 is 19.1 Å². The Morgan fingerprint density at radius 2 is 2.07 bits per heavy atom. The van der Waals surface area contributed by atoms with Crippen LogP contribution in [0, 0.1) is 12.8 Å². The number of aromatic nitrogens is 1. The molecular formula is C22H27N3O5. The average molecular weight is 413 g/mol. The summed E-state index contributed by atoms with van der Waals surface area (Å²) in [5, 5.41) is 6.05. The third-order valence-electron chi connectivity index (χ3n) is 5.32. The van der Waals surface area contributed by atoms with E-state index in [0.717, 1.165) is 25.9 Å². The molecule has 2 aromatic rings. The third-order valence-corrected chi connectivity index (χ3v) is 5.32. The van der Waals surface area contributed by atoms with Crippen LogP contribution in [0.1, 0.15) is 39.1 Å². The second kappa shape index (κ2) is 9.58. The molecule has 1 amide bonds. The van der Waals surface area contributed by atoms with Crippen molar-refractivity contribution in [2.24, 2.45) is 5.92 Å². The molecule has 0 saturated carbocycles. The summed E-state index contributed by atoms with van der Waals surface area (Å²) >= 11 is 0. The summed E-state index contributed by atoms with van der Waals surface area (Å²) < 4.78 is 11.6. The number of pyridine rings is 1.